The Morgan fingerprint density at radius 1 is 0.786 bits per heavy atom. The summed E-state index contributed by atoms with van der Waals surface area (Å²) in [5, 5.41) is 3.18. The van der Waals surface area contributed by atoms with Gasteiger partial charge in [-0.15, -0.1) is 18.8 Å². The molecule has 0 amide bonds. The maximum atomic E-state index is 5.16. The molecule has 0 radical (unpaired) electrons. The smallest absolute Gasteiger partial charge is 0.0573 e. The van der Waals surface area contributed by atoms with Gasteiger partial charge in [-0.05, 0) is 19.4 Å². The fraction of sp³-hybridized carbons (Fsp3) is 0.692. The minimum Gasteiger partial charge on any atom is -0.306 e. The van der Waals surface area contributed by atoms with Crippen LogP contribution in [0, 0.1) is 24.7 Å². The van der Waals surface area contributed by atoms with Crippen LogP contribution in [0.4, 0.5) is 0 Å². The molecule has 0 fully saturated rings. The third-order valence-electron chi connectivity index (χ3n) is 2.15. The molecule has 1 nitrogen and oxygen atoms in total. The van der Waals surface area contributed by atoms with Gasteiger partial charge in [0.15, 0.2) is 0 Å². The minimum absolute atomic E-state index is 0.697. The van der Waals surface area contributed by atoms with Crippen molar-refractivity contribution in [3.8, 4) is 24.7 Å². The first-order chi connectivity index (χ1) is 6.91. The highest BCUT2D eigenvalue weighted by atomic mass is 14.8. The molecule has 0 saturated carbocycles. The molecule has 0 atom stereocenters. The molecule has 0 aliphatic rings. The Labute approximate surface area is 88.7 Å². The van der Waals surface area contributed by atoms with Crippen LogP contribution < -0.4 is 5.32 Å². The van der Waals surface area contributed by atoms with E-state index in [2.05, 4.69) is 17.2 Å². The van der Waals surface area contributed by atoms with E-state index in [1.54, 1.807) is 0 Å². The summed E-state index contributed by atoms with van der Waals surface area (Å²) in [5.41, 5.74) is 0. The van der Waals surface area contributed by atoms with Gasteiger partial charge in [-0.3, -0.25) is 0 Å². The fourth-order valence-electron chi connectivity index (χ4n) is 1.34. The molecule has 14 heavy (non-hydrogen) atoms. The lowest BCUT2D eigenvalue weighted by Crippen LogP contribution is -2.14. The van der Waals surface area contributed by atoms with Crippen LogP contribution in [0.3, 0.4) is 0 Å². The molecular formula is C13H21N. The Kier molecular flexibility index (Phi) is 11.3. The third kappa shape index (κ3) is 11.1. The Morgan fingerprint density at radius 2 is 1.43 bits per heavy atom. The second-order valence-corrected chi connectivity index (χ2v) is 3.46. The predicted molar refractivity (Wildman–Crippen MR) is 62.9 cm³/mol. The monoisotopic (exact) mass is 191 g/mol. The van der Waals surface area contributed by atoms with Crippen molar-refractivity contribution in [2.75, 3.05) is 13.1 Å². The summed E-state index contributed by atoms with van der Waals surface area (Å²) < 4.78 is 0. The molecule has 0 aromatic carbocycles. The molecule has 1 heteroatoms. The molecule has 78 valence electrons. The normalized spacial score (nSPS) is 9.29. The van der Waals surface area contributed by atoms with Gasteiger partial charge in [0.25, 0.3) is 0 Å². The van der Waals surface area contributed by atoms with Crippen LogP contribution in [0.5, 0.6) is 0 Å². The Bertz CT molecular complexity index is 160. The number of hydrogen-bond donors (Lipinski definition) is 1. The van der Waals surface area contributed by atoms with Gasteiger partial charge in [-0.25, -0.2) is 0 Å². The first-order valence-electron chi connectivity index (χ1n) is 5.49. The minimum atomic E-state index is 0.697. The van der Waals surface area contributed by atoms with E-state index in [1.807, 2.05) is 0 Å². The number of unbranched alkanes of at least 4 members (excludes halogenated alkanes) is 6. The van der Waals surface area contributed by atoms with Crippen molar-refractivity contribution in [3.63, 3.8) is 0 Å². The Morgan fingerprint density at radius 3 is 2.07 bits per heavy atom. The molecule has 0 heterocycles. The van der Waals surface area contributed by atoms with Gasteiger partial charge >= 0.3 is 0 Å². The zero-order valence-corrected chi connectivity index (χ0v) is 9.02. The predicted octanol–water partition coefficient (Wildman–Crippen LogP) is 2.57. The van der Waals surface area contributed by atoms with Gasteiger partial charge in [-0.1, -0.05) is 31.6 Å². The van der Waals surface area contributed by atoms with E-state index in [0.717, 1.165) is 13.0 Å². The van der Waals surface area contributed by atoms with E-state index in [0.29, 0.717) is 6.54 Å². The molecule has 0 aliphatic carbocycles. The summed E-state index contributed by atoms with van der Waals surface area (Å²) in [6.45, 7) is 1.75. The van der Waals surface area contributed by atoms with E-state index in [4.69, 9.17) is 12.8 Å². The van der Waals surface area contributed by atoms with Crippen molar-refractivity contribution in [1.29, 1.82) is 0 Å². The van der Waals surface area contributed by atoms with Crippen molar-refractivity contribution in [2.45, 2.75) is 44.9 Å². The van der Waals surface area contributed by atoms with E-state index >= 15 is 0 Å². The highest BCUT2D eigenvalue weighted by molar-refractivity contribution is 4.86. The van der Waals surface area contributed by atoms with Crippen molar-refractivity contribution in [3.05, 3.63) is 0 Å². The Hall–Kier alpha value is -0.920. The van der Waals surface area contributed by atoms with E-state index in [1.165, 1.54) is 38.5 Å². The zero-order chi connectivity index (χ0) is 10.5. The van der Waals surface area contributed by atoms with Crippen LogP contribution in [0.2, 0.25) is 0 Å². The molecule has 0 bridgehead atoms. The van der Waals surface area contributed by atoms with Crippen LogP contribution in [0.15, 0.2) is 0 Å². The van der Waals surface area contributed by atoms with Crippen molar-refractivity contribution in [2.24, 2.45) is 0 Å². The average Bonchev–Trinajstić information content (AvgIpc) is 2.21. The van der Waals surface area contributed by atoms with Crippen LogP contribution in [-0.4, -0.2) is 13.1 Å². The largest absolute Gasteiger partial charge is 0.306 e. The van der Waals surface area contributed by atoms with Gasteiger partial charge in [0.1, 0.15) is 0 Å². The molecule has 0 aromatic heterocycles. The van der Waals surface area contributed by atoms with Crippen molar-refractivity contribution < 1.29 is 0 Å². The molecule has 0 unspecified atom stereocenters. The lowest BCUT2D eigenvalue weighted by molar-refractivity contribution is 0.580. The second-order valence-electron chi connectivity index (χ2n) is 3.46. The zero-order valence-electron chi connectivity index (χ0n) is 9.02. The maximum Gasteiger partial charge on any atom is 0.0573 e. The summed E-state index contributed by atoms with van der Waals surface area (Å²) in [6.07, 6.45) is 18.8. The number of nitrogens with one attached hydrogen (secondary N) is 1. The molecule has 1 N–H and O–H groups in total. The van der Waals surface area contributed by atoms with Crippen molar-refractivity contribution in [1.82, 2.24) is 5.32 Å². The fourth-order valence-corrected chi connectivity index (χ4v) is 1.34. The number of rotatable bonds is 9. The summed E-state index contributed by atoms with van der Waals surface area (Å²) in [6, 6.07) is 0. The average molecular weight is 191 g/mol. The summed E-state index contributed by atoms with van der Waals surface area (Å²) in [7, 11) is 0. The third-order valence-corrected chi connectivity index (χ3v) is 2.15. The van der Waals surface area contributed by atoms with Crippen LogP contribution in [-0.2, 0) is 0 Å². The van der Waals surface area contributed by atoms with Crippen molar-refractivity contribution >= 4 is 0 Å². The molecular weight excluding hydrogens is 170 g/mol. The van der Waals surface area contributed by atoms with Gasteiger partial charge < -0.3 is 5.32 Å². The lowest BCUT2D eigenvalue weighted by atomic mass is 10.1. The van der Waals surface area contributed by atoms with E-state index < -0.39 is 0 Å². The molecule has 0 saturated heterocycles. The highest BCUT2D eigenvalue weighted by Crippen LogP contribution is 2.06. The Balaban J connectivity index is 2.86. The first-order valence-corrected chi connectivity index (χ1v) is 5.49. The van der Waals surface area contributed by atoms with Gasteiger partial charge in [0, 0.05) is 6.42 Å². The SMILES string of the molecule is C#CCCCCCCCCNCC#C. The van der Waals surface area contributed by atoms with E-state index in [-0.39, 0.29) is 0 Å². The summed E-state index contributed by atoms with van der Waals surface area (Å²) >= 11 is 0. The van der Waals surface area contributed by atoms with E-state index in [9.17, 15) is 0 Å². The van der Waals surface area contributed by atoms with Gasteiger partial charge in [0.05, 0.1) is 6.54 Å². The number of hydrogen-bond acceptors (Lipinski definition) is 1. The maximum absolute atomic E-state index is 5.16. The standard InChI is InChI=1S/C13H21N/c1-3-5-6-7-8-9-10-11-13-14-12-4-2/h1-2,14H,5-13H2. The molecule has 0 aromatic rings. The summed E-state index contributed by atoms with van der Waals surface area (Å²) in [5.74, 6) is 5.23. The molecule has 0 aliphatic heterocycles. The highest BCUT2D eigenvalue weighted by Gasteiger charge is 1.90. The van der Waals surface area contributed by atoms with Crippen LogP contribution >= 0.6 is 0 Å². The number of terminal acetylenes is 2. The lowest BCUT2D eigenvalue weighted by Gasteiger charge is -2.01. The van der Waals surface area contributed by atoms with Crippen LogP contribution in [0.25, 0.3) is 0 Å². The first kappa shape index (κ1) is 13.1. The van der Waals surface area contributed by atoms with Gasteiger partial charge in [-0.2, -0.15) is 0 Å². The molecule has 0 spiro atoms. The topological polar surface area (TPSA) is 12.0 Å². The van der Waals surface area contributed by atoms with Crippen LogP contribution in [0.1, 0.15) is 44.9 Å². The summed E-state index contributed by atoms with van der Waals surface area (Å²) in [4.78, 5) is 0. The quantitative estimate of drug-likeness (QED) is 0.436. The van der Waals surface area contributed by atoms with Gasteiger partial charge in [0.2, 0.25) is 0 Å². The second kappa shape index (κ2) is 12.1. The molecule has 0 rings (SSSR count).